The zero-order chi connectivity index (χ0) is 31.8. The van der Waals surface area contributed by atoms with Gasteiger partial charge in [-0.05, 0) is 63.4 Å². The third-order valence-corrected chi connectivity index (χ3v) is 9.04. The number of hydrogen-bond acceptors (Lipinski definition) is 8. The Bertz CT molecular complexity index is 1770. The Morgan fingerprint density at radius 1 is 0.711 bits per heavy atom. The van der Waals surface area contributed by atoms with E-state index in [0.717, 1.165) is 62.3 Å². The highest BCUT2D eigenvalue weighted by Crippen LogP contribution is 2.29. The minimum Gasteiger partial charge on any atom is -0.465 e. The Labute approximate surface area is 272 Å². The molecule has 0 radical (unpaired) electrons. The van der Waals surface area contributed by atoms with E-state index in [2.05, 4.69) is 38.1 Å². The number of nitrogens with zero attached hydrogens (tertiary/aromatic N) is 3. The molecule has 0 saturated heterocycles. The van der Waals surface area contributed by atoms with Crippen molar-refractivity contribution >= 4 is 35.6 Å². The van der Waals surface area contributed by atoms with E-state index in [1.54, 1.807) is 35.8 Å². The second kappa shape index (κ2) is 15.1. The van der Waals surface area contributed by atoms with Gasteiger partial charge in [0, 0.05) is 17.9 Å². The van der Waals surface area contributed by atoms with E-state index in [1.165, 1.54) is 14.2 Å². The molecule has 0 aliphatic rings. The summed E-state index contributed by atoms with van der Waals surface area (Å²) in [7, 11) is 2.79. The summed E-state index contributed by atoms with van der Waals surface area (Å²) < 4.78 is 11.9. The number of carbonyl (C=O) groups excluding carboxylic acids is 2. The molecule has 0 N–H and O–H groups in total. The lowest BCUT2D eigenvalue weighted by molar-refractivity contribution is 0.0592. The van der Waals surface area contributed by atoms with Crippen molar-refractivity contribution in [2.75, 3.05) is 14.2 Å². The smallest absolute Gasteiger partial charge is 0.338 e. The van der Waals surface area contributed by atoms with Crippen molar-refractivity contribution in [2.24, 2.45) is 5.92 Å². The lowest BCUT2D eigenvalue weighted by Gasteiger charge is -2.09. The van der Waals surface area contributed by atoms with Crippen LogP contribution in [0.15, 0.2) is 102 Å². The molecule has 0 aliphatic heterocycles. The molecule has 0 unspecified atom stereocenters. The van der Waals surface area contributed by atoms with Gasteiger partial charge in [0.15, 0.2) is 0 Å². The van der Waals surface area contributed by atoms with Crippen LogP contribution in [-0.4, -0.2) is 40.3 Å². The van der Waals surface area contributed by atoms with Crippen molar-refractivity contribution in [3.63, 3.8) is 0 Å². The molecule has 0 aliphatic carbocycles. The van der Waals surface area contributed by atoms with Gasteiger partial charge in [-0.3, -0.25) is 0 Å². The summed E-state index contributed by atoms with van der Waals surface area (Å²) >= 11 is 3.23. The number of benzene rings is 4. The molecular weight excluding hydrogens is 603 g/mol. The van der Waals surface area contributed by atoms with Crippen LogP contribution in [-0.2, 0) is 27.4 Å². The van der Waals surface area contributed by atoms with Crippen LogP contribution in [0.4, 0.5) is 0 Å². The second-order valence-electron chi connectivity index (χ2n) is 10.8. The monoisotopic (exact) mass is 637 g/mol. The number of thioether (sulfide) groups is 1. The molecule has 45 heavy (non-hydrogen) atoms. The van der Waals surface area contributed by atoms with E-state index < -0.39 is 0 Å². The zero-order valence-corrected chi connectivity index (χ0v) is 27.4. The van der Waals surface area contributed by atoms with E-state index in [4.69, 9.17) is 19.6 Å². The van der Waals surface area contributed by atoms with Crippen LogP contribution < -0.4 is 0 Å². The Balaban J connectivity index is 1.24. The Morgan fingerprint density at radius 3 is 1.69 bits per heavy atom. The van der Waals surface area contributed by atoms with Gasteiger partial charge in [-0.1, -0.05) is 111 Å². The van der Waals surface area contributed by atoms with Crippen molar-refractivity contribution in [1.82, 2.24) is 14.2 Å². The first-order chi connectivity index (χ1) is 21.9. The zero-order valence-electron chi connectivity index (χ0n) is 25.7. The largest absolute Gasteiger partial charge is 0.465 e. The van der Waals surface area contributed by atoms with Gasteiger partial charge in [0.2, 0.25) is 5.16 Å². The molecule has 0 bridgehead atoms. The van der Waals surface area contributed by atoms with E-state index in [-0.39, 0.29) is 11.9 Å². The van der Waals surface area contributed by atoms with Gasteiger partial charge in [0.05, 0.1) is 25.3 Å². The van der Waals surface area contributed by atoms with E-state index in [0.29, 0.717) is 17.0 Å². The summed E-state index contributed by atoms with van der Waals surface area (Å²) in [5.41, 5.74) is 7.01. The van der Waals surface area contributed by atoms with Crippen molar-refractivity contribution in [2.45, 2.75) is 36.9 Å². The fraction of sp³-hybridized carbons (Fsp3) is 0.222. The second-order valence-corrected chi connectivity index (χ2v) is 12.6. The number of esters is 2. The van der Waals surface area contributed by atoms with Gasteiger partial charge in [0.1, 0.15) is 5.82 Å². The van der Waals surface area contributed by atoms with E-state index >= 15 is 0 Å². The molecule has 0 fully saturated rings. The summed E-state index contributed by atoms with van der Waals surface area (Å²) in [6.45, 7) is 4.36. The summed E-state index contributed by atoms with van der Waals surface area (Å²) in [6, 6.07) is 31.4. The summed E-state index contributed by atoms with van der Waals surface area (Å²) in [4.78, 5) is 29.3. The third kappa shape index (κ3) is 8.04. The lowest BCUT2D eigenvalue weighted by Crippen LogP contribution is -2.03. The molecule has 5 rings (SSSR count). The maximum absolute atomic E-state index is 12.2. The van der Waals surface area contributed by atoms with Crippen molar-refractivity contribution < 1.29 is 19.1 Å². The molecule has 0 atom stereocenters. The molecule has 4 aromatic carbocycles. The number of rotatable bonds is 12. The minimum absolute atomic E-state index is 0.346. The molecular formula is C36H35N3O4S2. The molecule has 0 spiro atoms. The number of ether oxygens (including phenoxy) is 2. The summed E-state index contributed by atoms with van der Waals surface area (Å²) in [6.07, 6.45) is 0.831. The van der Waals surface area contributed by atoms with Crippen LogP contribution in [0.1, 0.15) is 51.5 Å². The highest BCUT2D eigenvalue weighted by Gasteiger charge is 2.16. The minimum atomic E-state index is -0.347. The first-order valence-electron chi connectivity index (χ1n) is 14.6. The van der Waals surface area contributed by atoms with Crippen LogP contribution in [0.3, 0.4) is 0 Å². The van der Waals surface area contributed by atoms with Crippen LogP contribution in [0, 0.1) is 5.92 Å². The maximum atomic E-state index is 12.2. The normalized spacial score (nSPS) is 11.0. The molecule has 1 aromatic heterocycles. The van der Waals surface area contributed by atoms with Gasteiger partial charge in [-0.2, -0.15) is 4.09 Å². The van der Waals surface area contributed by atoms with Gasteiger partial charge in [-0.15, -0.1) is 5.10 Å². The standard InChI is InChI=1S/C36H35N3O4S2/c1-24(2)21-33-37-36(44-22-25-13-17-27(18-14-25)29-9-5-7-11-31(29)34(40)42-3)38-39(33)45-23-26-15-19-28(20-16-26)30-10-6-8-12-32(30)35(41)43-4/h5-20,24H,21-23H2,1-4H3. The number of hydrogen-bond donors (Lipinski definition) is 0. The molecule has 0 amide bonds. The summed E-state index contributed by atoms with van der Waals surface area (Å²) in [5.74, 6) is 2.16. The van der Waals surface area contributed by atoms with Crippen LogP contribution in [0.25, 0.3) is 22.3 Å². The molecule has 230 valence electrons. The van der Waals surface area contributed by atoms with Gasteiger partial charge in [0.25, 0.3) is 0 Å². The predicted octanol–water partition coefficient (Wildman–Crippen LogP) is 8.37. The Kier molecular flexibility index (Phi) is 10.8. The third-order valence-electron chi connectivity index (χ3n) is 7.13. The Morgan fingerprint density at radius 2 is 1.20 bits per heavy atom. The molecule has 9 heteroatoms. The molecule has 1 heterocycles. The summed E-state index contributed by atoms with van der Waals surface area (Å²) in [5, 5.41) is 5.58. The average Bonchev–Trinajstić information content (AvgIpc) is 3.46. The number of methoxy groups -OCH3 is 2. The van der Waals surface area contributed by atoms with Crippen LogP contribution >= 0.6 is 23.7 Å². The molecule has 0 saturated carbocycles. The first kappa shape index (κ1) is 32.1. The lowest BCUT2D eigenvalue weighted by atomic mass is 9.99. The van der Waals surface area contributed by atoms with E-state index in [1.807, 2.05) is 64.8 Å². The highest BCUT2D eigenvalue weighted by molar-refractivity contribution is 7.98. The maximum Gasteiger partial charge on any atom is 0.338 e. The van der Waals surface area contributed by atoms with Gasteiger partial charge < -0.3 is 9.47 Å². The van der Waals surface area contributed by atoms with Crippen molar-refractivity contribution in [1.29, 1.82) is 0 Å². The van der Waals surface area contributed by atoms with Crippen LogP contribution in [0.5, 0.6) is 0 Å². The molecule has 5 aromatic rings. The van der Waals surface area contributed by atoms with Crippen LogP contribution in [0.2, 0.25) is 0 Å². The first-order valence-corrected chi connectivity index (χ1v) is 16.5. The average molecular weight is 638 g/mol. The van der Waals surface area contributed by atoms with Crippen molar-refractivity contribution in [3.05, 3.63) is 125 Å². The highest BCUT2D eigenvalue weighted by atomic mass is 32.2. The van der Waals surface area contributed by atoms with Crippen molar-refractivity contribution in [3.8, 4) is 22.3 Å². The predicted molar refractivity (Wildman–Crippen MR) is 181 cm³/mol. The van der Waals surface area contributed by atoms with Gasteiger partial charge >= 0.3 is 11.9 Å². The molecule has 7 nitrogen and oxygen atoms in total. The number of carbonyl (C=O) groups is 2. The topological polar surface area (TPSA) is 83.3 Å². The SMILES string of the molecule is COC(=O)c1ccccc1-c1ccc(CSc2nc(CC(C)C)n(SCc3ccc(-c4ccccc4C(=O)OC)cc3)n2)cc1. The quantitative estimate of drug-likeness (QED) is 0.0997. The van der Waals surface area contributed by atoms with E-state index in [9.17, 15) is 9.59 Å². The fourth-order valence-electron chi connectivity index (χ4n) is 4.85. The van der Waals surface area contributed by atoms with Gasteiger partial charge in [-0.25, -0.2) is 14.6 Å². The Hall–Kier alpha value is -4.34. The number of aromatic nitrogens is 3. The fourth-order valence-corrected chi connectivity index (χ4v) is 6.57.